The largest absolute Gasteiger partial charge is 0.394 e. The SMILES string of the molecule is CCC1CCCCN1c1cccc2ccc(/C=C(\C#N)C(=O)NCCOCCOCCO)cc12. The van der Waals surface area contributed by atoms with Gasteiger partial charge in [0.1, 0.15) is 11.6 Å². The van der Waals surface area contributed by atoms with Crippen molar-refractivity contribution in [3.63, 3.8) is 0 Å². The van der Waals surface area contributed by atoms with Crippen molar-refractivity contribution in [2.24, 2.45) is 0 Å². The first-order valence-electron chi connectivity index (χ1n) is 12.1. The number of benzene rings is 2. The number of rotatable bonds is 12. The number of nitrogens with one attached hydrogen (secondary N) is 1. The van der Waals surface area contributed by atoms with Crippen LogP contribution in [0.25, 0.3) is 16.8 Å². The van der Waals surface area contributed by atoms with E-state index in [0.717, 1.165) is 29.3 Å². The lowest BCUT2D eigenvalue weighted by Gasteiger charge is -2.38. The summed E-state index contributed by atoms with van der Waals surface area (Å²) in [6.07, 6.45) is 6.45. The van der Waals surface area contributed by atoms with Crippen molar-refractivity contribution >= 4 is 28.4 Å². The van der Waals surface area contributed by atoms with E-state index < -0.39 is 5.91 Å². The number of nitrogens with zero attached hydrogens (tertiary/aromatic N) is 2. The number of ether oxygens (including phenoxy) is 2. The first-order chi connectivity index (χ1) is 16.7. The van der Waals surface area contributed by atoms with Crippen molar-refractivity contribution in [3.05, 3.63) is 47.5 Å². The van der Waals surface area contributed by atoms with Crippen LogP contribution in [0.4, 0.5) is 5.69 Å². The fraction of sp³-hybridized carbons (Fsp3) is 0.481. The fourth-order valence-electron chi connectivity index (χ4n) is 4.39. The first-order valence-corrected chi connectivity index (χ1v) is 12.1. The summed E-state index contributed by atoms with van der Waals surface area (Å²) in [7, 11) is 0. The molecular weight excluding hydrogens is 430 g/mol. The zero-order valence-corrected chi connectivity index (χ0v) is 20.0. The molecule has 1 aliphatic heterocycles. The molecule has 1 aliphatic rings. The van der Waals surface area contributed by atoms with Crippen molar-refractivity contribution in [2.45, 2.75) is 38.6 Å². The quantitative estimate of drug-likeness (QED) is 0.282. The highest BCUT2D eigenvalue weighted by Gasteiger charge is 2.22. The number of hydrogen-bond donors (Lipinski definition) is 2. The topological polar surface area (TPSA) is 94.8 Å². The molecule has 34 heavy (non-hydrogen) atoms. The van der Waals surface area contributed by atoms with Crippen LogP contribution >= 0.6 is 0 Å². The fourth-order valence-corrected chi connectivity index (χ4v) is 4.39. The number of nitriles is 1. The Kier molecular flexibility index (Phi) is 10.4. The summed E-state index contributed by atoms with van der Waals surface area (Å²) in [5, 5.41) is 23.2. The molecule has 2 aromatic carbocycles. The van der Waals surface area contributed by atoms with E-state index in [0.29, 0.717) is 32.4 Å². The molecule has 0 aromatic heterocycles. The van der Waals surface area contributed by atoms with Crippen LogP contribution in [0.5, 0.6) is 0 Å². The first kappa shape index (κ1) is 25.7. The summed E-state index contributed by atoms with van der Waals surface area (Å²) < 4.78 is 10.5. The van der Waals surface area contributed by atoms with Crippen molar-refractivity contribution in [2.75, 3.05) is 51.0 Å². The molecule has 0 aliphatic carbocycles. The molecule has 7 nitrogen and oxygen atoms in total. The third-order valence-electron chi connectivity index (χ3n) is 6.11. The molecule has 182 valence electrons. The van der Waals surface area contributed by atoms with Gasteiger partial charge in [0.15, 0.2) is 0 Å². The highest BCUT2D eigenvalue weighted by atomic mass is 16.5. The van der Waals surface area contributed by atoms with Crippen LogP contribution in [0, 0.1) is 11.3 Å². The Hall–Kier alpha value is -2.92. The molecule has 1 unspecified atom stereocenters. The van der Waals surface area contributed by atoms with Gasteiger partial charge in [0.2, 0.25) is 0 Å². The normalized spacial score (nSPS) is 16.4. The van der Waals surface area contributed by atoms with E-state index in [1.165, 1.54) is 24.9 Å². The number of piperidine rings is 1. The molecule has 0 bridgehead atoms. The number of amides is 1. The smallest absolute Gasteiger partial charge is 0.262 e. The van der Waals surface area contributed by atoms with Gasteiger partial charge in [-0.3, -0.25) is 4.79 Å². The van der Waals surface area contributed by atoms with E-state index in [9.17, 15) is 10.1 Å². The summed E-state index contributed by atoms with van der Waals surface area (Å²) in [6, 6.07) is 15.0. The number of carbonyl (C=O) groups is 1. The molecule has 2 N–H and O–H groups in total. The second kappa shape index (κ2) is 13.7. The third-order valence-corrected chi connectivity index (χ3v) is 6.11. The second-order valence-corrected chi connectivity index (χ2v) is 8.38. The lowest BCUT2D eigenvalue weighted by atomic mass is 9.96. The highest BCUT2D eigenvalue weighted by molar-refractivity contribution is 6.03. The Morgan fingerprint density at radius 3 is 2.79 bits per heavy atom. The molecule has 0 saturated carbocycles. The predicted octanol–water partition coefficient (Wildman–Crippen LogP) is 3.66. The molecule has 1 saturated heterocycles. The zero-order valence-electron chi connectivity index (χ0n) is 20.0. The zero-order chi connectivity index (χ0) is 24.2. The van der Waals surface area contributed by atoms with Gasteiger partial charge >= 0.3 is 0 Å². The van der Waals surface area contributed by atoms with Gasteiger partial charge in [-0.1, -0.05) is 31.2 Å². The number of hydrogen-bond acceptors (Lipinski definition) is 6. The van der Waals surface area contributed by atoms with Gasteiger partial charge in [-0.2, -0.15) is 5.26 Å². The van der Waals surface area contributed by atoms with Crippen LogP contribution in [0.2, 0.25) is 0 Å². The minimum Gasteiger partial charge on any atom is -0.394 e. The number of carbonyl (C=O) groups excluding carboxylic acids is 1. The average Bonchev–Trinajstić information content (AvgIpc) is 2.88. The summed E-state index contributed by atoms with van der Waals surface area (Å²) >= 11 is 0. The van der Waals surface area contributed by atoms with Crippen molar-refractivity contribution in [1.82, 2.24) is 5.32 Å². The van der Waals surface area contributed by atoms with E-state index in [-0.39, 0.29) is 18.8 Å². The maximum absolute atomic E-state index is 12.5. The van der Waals surface area contributed by atoms with Crippen LogP contribution < -0.4 is 10.2 Å². The molecular formula is C27H35N3O4. The van der Waals surface area contributed by atoms with E-state index in [1.807, 2.05) is 12.1 Å². The number of anilines is 1. The number of aliphatic hydroxyl groups excluding tert-OH is 1. The molecule has 1 fully saturated rings. The van der Waals surface area contributed by atoms with Crippen molar-refractivity contribution < 1.29 is 19.4 Å². The lowest BCUT2D eigenvalue weighted by molar-refractivity contribution is -0.117. The molecule has 0 radical (unpaired) electrons. The molecule has 1 amide bonds. The van der Waals surface area contributed by atoms with Gasteiger partial charge in [-0.15, -0.1) is 0 Å². The van der Waals surface area contributed by atoms with Gasteiger partial charge in [0.25, 0.3) is 5.91 Å². The van der Waals surface area contributed by atoms with Gasteiger partial charge in [0.05, 0.1) is 33.0 Å². The van der Waals surface area contributed by atoms with E-state index >= 15 is 0 Å². The maximum Gasteiger partial charge on any atom is 0.262 e. The van der Waals surface area contributed by atoms with Gasteiger partial charge in [-0.25, -0.2) is 0 Å². The molecule has 1 heterocycles. The summed E-state index contributed by atoms with van der Waals surface area (Å²) in [5.74, 6) is -0.418. The number of aliphatic hydroxyl groups is 1. The van der Waals surface area contributed by atoms with Crippen molar-refractivity contribution in [3.8, 4) is 6.07 Å². The molecule has 3 rings (SSSR count). The van der Waals surface area contributed by atoms with Gasteiger partial charge < -0.3 is 24.8 Å². The molecule has 1 atom stereocenters. The highest BCUT2D eigenvalue weighted by Crippen LogP contribution is 2.33. The van der Waals surface area contributed by atoms with E-state index in [4.69, 9.17) is 14.6 Å². The average molecular weight is 466 g/mol. The molecule has 0 spiro atoms. The molecule has 2 aromatic rings. The Bertz CT molecular complexity index is 1010. The third kappa shape index (κ3) is 7.04. The predicted molar refractivity (Wildman–Crippen MR) is 135 cm³/mol. The minimum absolute atomic E-state index is 0.0185. The summed E-state index contributed by atoms with van der Waals surface area (Å²) in [4.78, 5) is 15.0. The van der Waals surface area contributed by atoms with Crippen LogP contribution in [0.3, 0.4) is 0 Å². The van der Waals surface area contributed by atoms with Crippen LogP contribution in [0.1, 0.15) is 38.2 Å². The van der Waals surface area contributed by atoms with Gasteiger partial charge in [-0.05, 0) is 54.8 Å². The van der Waals surface area contributed by atoms with Crippen LogP contribution in [-0.4, -0.2) is 63.2 Å². The number of fused-ring (bicyclic) bond motifs is 1. The Balaban J connectivity index is 1.68. The molecule has 7 heteroatoms. The lowest BCUT2D eigenvalue weighted by Crippen LogP contribution is -2.39. The Morgan fingerprint density at radius 2 is 2.03 bits per heavy atom. The minimum atomic E-state index is -0.418. The monoisotopic (exact) mass is 465 g/mol. The van der Waals surface area contributed by atoms with E-state index in [2.05, 4.69) is 47.5 Å². The summed E-state index contributed by atoms with van der Waals surface area (Å²) in [6.45, 7) is 4.95. The Morgan fingerprint density at radius 1 is 1.21 bits per heavy atom. The van der Waals surface area contributed by atoms with Crippen LogP contribution in [0.15, 0.2) is 42.0 Å². The van der Waals surface area contributed by atoms with Crippen LogP contribution in [-0.2, 0) is 14.3 Å². The van der Waals surface area contributed by atoms with Crippen molar-refractivity contribution in [1.29, 1.82) is 5.26 Å². The van der Waals surface area contributed by atoms with Gasteiger partial charge in [0, 0.05) is 30.2 Å². The standard InChI is InChI=1S/C27H35N3O4/c1-2-24-7-3-4-12-30(24)26-8-5-6-22-10-9-21(19-25(22)26)18-23(20-28)27(32)29-11-14-33-16-17-34-15-13-31/h5-6,8-10,18-19,24,31H,2-4,7,11-17H2,1H3,(H,29,32)/b23-18+. The second-order valence-electron chi connectivity index (χ2n) is 8.38. The maximum atomic E-state index is 12.5. The summed E-state index contributed by atoms with van der Waals surface area (Å²) in [5.41, 5.74) is 2.11. The van der Waals surface area contributed by atoms with E-state index in [1.54, 1.807) is 6.08 Å². The Labute approximate surface area is 202 Å².